The van der Waals surface area contributed by atoms with E-state index >= 15 is 0 Å². The van der Waals surface area contributed by atoms with Crippen LogP contribution in [0.15, 0.2) is 24.4 Å². The molecule has 0 aromatic carbocycles. The zero-order chi connectivity index (χ0) is 12.8. The third kappa shape index (κ3) is 3.04. The van der Waals surface area contributed by atoms with Gasteiger partial charge in [0.2, 0.25) is 5.91 Å². The quantitative estimate of drug-likeness (QED) is 0.767. The molecule has 2 heterocycles. The second-order valence-electron chi connectivity index (χ2n) is 3.87. The molecule has 0 radical (unpaired) electrons. The van der Waals surface area contributed by atoms with Crippen molar-refractivity contribution in [3.05, 3.63) is 30.2 Å². The van der Waals surface area contributed by atoms with E-state index in [2.05, 4.69) is 15.5 Å². The minimum atomic E-state index is -0.142. The first kappa shape index (κ1) is 12.5. The van der Waals surface area contributed by atoms with E-state index in [1.807, 2.05) is 35.7 Å². The van der Waals surface area contributed by atoms with Crippen molar-refractivity contribution in [2.24, 2.45) is 0 Å². The zero-order valence-corrected chi connectivity index (χ0v) is 10.3. The highest BCUT2D eigenvalue weighted by atomic mass is 16.5. The number of fused-ring (bicyclic) bond motifs is 1. The van der Waals surface area contributed by atoms with Crippen molar-refractivity contribution in [2.45, 2.75) is 19.9 Å². The van der Waals surface area contributed by atoms with E-state index in [1.165, 1.54) is 0 Å². The molecular formula is C12H16N4O2. The summed E-state index contributed by atoms with van der Waals surface area (Å²) in [5.41, 5.74) is 0.768. The van der Waals surface area contributed by atoms with Crippen molar-refractivity contribution < 1.29 is 9.53 Å². The van der Waals surface area contributed by atoms with Crippen LogP contribution in [-0.2, 0) is 16.1 Å². The monoisotopic (exact) mass is 248 g/mol. The van der Waals surface area contributed by atoms with Gasteiger partial charge >= 0.3 is 0 Å². The van der Waals surface area contributed by atoms with Crippen LogP contribution in [0.4, 0.5) is 0 Å². The number of carbonyl (C=O) groups is 1. The molecule has 1 amide bonds. The van der Waals surface area contributed by atoms with E-state index in [4.69, 9.17) is 4.74 Å². The molecule has 96 valence electrons. The van der Waals surface area contributed by atoms with E-state index < -0.39 is 0 Å². The molecule has 6 nitrogen and oxygen atoms in total. The van der Waals surface area contributed by atoms with Crippen molar-refractivity contribution in [3.8, 4) is 0 Å². The van der Waals surface area contributed by atoms with Crippen LogP contribution in [0.25, 0.3) is 5.65 Å². The highest BCUT2D eigenvalue weighted by molar-refractivity contribution is 5.77. The van der Waals surface area contributed by atoms with E-state index in [0.717, 1.165) is 12.1 Å². The standard InChI is InChI=1S/C12H16N4O2/c1-2-7-18-9-12(17)13-8-11-15-14-10-5-3-4-6-16(10)11/h3-6H,2,7-9H2,1H3,(H,13,17). The summed E-state index contributed by atoms with van der Waals surface area (Å²) < 4.78 is 6.99. The van der Waals surface area contributed by atoms with Crippen molar-refractivity contribution in [1.29, 1.82) is 0 Å². The maximum Gasteiger partial charge on any atom is 0.246 e. The number of hydrogen-bond acceptors (Lipinski definition) is 4. The molecule has 0 atom stereocenters. The predicted octanol–water partition coefficient (Wildman–Crippen LogP) is 0.772. The van der Waals surface area contributed by atoms with Gasteiger partial charge in [0.1, 0.15) is 6.61 Å². The van der Waals surface area contributed by atoms with Gasteiger partial charge in [0, 0.05) is 12.8 Å². The predicted molar refractivity (Wildman–Crippen MR) is 65.9 cm³/mol. The van der Waals surface area contributed by atoms with E-state index in [9.17, 15) is 4.79 Å². The van der Waals surface area contributed by atoms with Crippen LogP contribution in [0.2, 0.25) is 0 Å². The Kier molecular flexibility index (Phi) is 4.25. The van der Waals surface area contributed by atoms with Gasteiger partial charge in [-0.25, -0.2) is 0 Å². The first-order chi connectivity index (χ1) is 8.81. The van der Waals surface area contributed by atoms with Gasteiger partial charge < -0.3 is 10.1 Å². The number of pyridine rings is 1. The molecule has 0 aliphatic heterocycles. The van der Waals surface area contributed by atoms with Gasteiger partial charge in [0.25, 0.3) is 0 Å². The molecule has 0 fully saturated rings. The fraction of sp³-hybridized carbons (Fsp3) is 0.417. The Balaban J connectivity index is 1.88. The number of nitrogens with one attached hydrogen (secondary N) is 1. The van der Waals surface area contributed by atoms with Gasteiger partial charge in [0.05, 0.1) is 6.54 Å². The lowest BCUT2D eigenvalue weighted by Crippen LogP contribution is -2.28. The van der Waals surface area contributed by atoms with Crippen molar-refractivity contribution in [1.82, 2.24) is 19.9 Å². The zero-order valence-electron chi connectivity index (χ0n) is 10.3. The average molecular weight is 248 g/mol. The summed E-state index contributed by atoms with van der Waals surface area (Å²) in [7, 11) is 0. The first-order valence-corrected chi connectivity index (χ1v) is 5.94. The molecule has 2 rings (SSSR count). The topological polar surface area (TPSA) is 68.5 Å². The lowest BCUT2D eigenvalue weighted by atomic mass is 10.4. The minimum Gasteiger partial charge on any atom is -0.372 e. The SMILES string of the molecule is CCCOCC(=O)NCc1nnc2ccccn12. The number of amides is 1. The summed E-state index contributed by atoms with van der Waals surface area (Å²) in [6.45, 7) is 3.03. The molecule has 0 unspecified atom stereocenters. The second kappa shape index (κ2) is 6.11. The van der Waals surface area contributed by atoms with Crippen LogP contribution in [0.1, 0.15) is 19.2 Å². The first-order valence-electron chi connectivity index (χ1n) is 5.94. The van der Waals surface area contributed by atoms with Gasteiger partial charge in [-0.1, -0.05) is 13.0 Å². The molecule has 0 saturated heterocycles. The number of nitrogens with zero attached hydrogens (tertiary/aromatic N) is 3. The highest BCUT2D eigenvalue weighted by Crippen LogP contribution is 2.02. The Bertz CT molecular complexity index is 524. The lowest BCUT2D eigenvalue weighted by Gasteiger charge is -2.04. The van der Waals surface area contributed by atoms with Crippen LogP contribution in [0.5, 0.6) is 0 Å². The fourth-order valence-corrected chi connectivity index (χ4v) is 1.55. The Morgan fingerprint density at radius 2 is 2.33 bits per heavy atom. The summed E-state index contributed by atoms with van der Waals surface area (Å²) in [6.07, 6.45) is 2.77. The second-order valence-corrected chi connectivity index (χ2v) is 3.87. The molecule has 0 saturated carbocycles. The van der Waals surface area contributed by atoms with E-state index in [1.54, 1.807) is 0 Å². The number of hydrogen-bond donors (Lipinski definition) is 1. The fourth-order valence-electron chi connectivity index (χ4n) is 1.55. The minimum absolute atomic E-state index is 0.0879. The largest absolute Gasteiger partial charge is 0.372 e. The molecule has 0 spiro atoms. The van der Waals surface area contributed by atoms with Crippen LogP contribution in [0, 0.1) is 0 Å². The van der Waals surface area contributed by atoms with Crippen molar-refractivity contribution in [3.63, 3.8) is 0 Å². The number of ether oxygens (including phenoxy) is 1. The normalized spacial score (nSPS) is 10.7. The molecule has 18 heavy (non-hydrogen) atoms. The average Bonchev–Trinajstić information content (AvgIpc) is 2.80. The summed E-state index contributed by atoms with van der Waals surface area (Å²) in [6, 6.07) is 5.65. The Morgan fingerprint density at radius 3 is 3.17 bits per heavy atom. The maximum atomic E-state index is 11.5. The Morgan fingerprint density at radius 1 is 1.44 bits per heavy atom. The number of carbonyl (C=O) groups excluding carboxylic acids is 1. The summed E-state index contributed by atoms with van der Waals surface area (Å²) >= 11 is 0. The molecule has 0 aliphatic rings. The highest BCUT2D eigenvalue weighted by Gasteiger charge is 2.06. The van der Waals surface area contributed by atoms with E-state index in [0.29, 0.717) is 19.0 Å². The molecule has 2 aromatic heterocycles. The summed E-state index contributed by atoms with van der Waals surface area (Å²) in [4.78, 5) is 11.5. The van der Waals surface area contributed by atoms with Gasteiger partial charge in [-0.15, -0.1) is 10.2 Å². The summed E-state index contributed by atoms with van der Waals surface area (Å²) in [5.74, 6) is 0.561. The van der Waals surface area contributed by atoms with Crippen LogP contribution in [0.3, 0.4) is 0 Å². The number of rotatable bonds is 6. The third-order valence-electron chi connectivity index (χ3n) is 2.41. The molecule has 1 N–H and O–H groups in total. The van der Waals surface area contributed by atoms with E-state index in [-0.39, 0.29) is 12.5 Å². The van der Waals surface area contributed by atoms with Crippen LogP contribution < -0.4 is 5.32 Å². The van der Waals surface area contributed by atoms with Crippen molar-refractivity contribution >= 4 is 11.6 Å². The molecule has 0 aliphatic carbocycles. The van der Waals surface area contributed by atoms with Gasteiger partial charge in [-0.05, 0) is 18.6 Å². The smallest absolute Gasteiger partial charge is 0.246 e. The third-order valence-corrected chi connectivity index (χ3v) is 2.41. The van der Waals surface area contributed by atoms with Gasteiger partial charge in [0.15, 0.2) is 11.5 Å². The maximum absolute atomic E-state index is 11.5. The van der Waals surface area contributed by atoms with Gasteiger partial charge in [-0.3, -0.25) is 9.20 Å². The van der Waals surface area contributed by atoms with Gasteiger partial charge in [-0.2, -0.15) is 0 Å². The van der Waals surface area contributed by atoms with Crippen LogP contribution >= 0.6 is 0 Å². The van der Waals surface area contributed by atoms with Crippen molar-refractivity contribution in [2.75, 3.05) is 13.2 Å². The Hall–Kier alpha value is -1.95. The number of aromatic nitrogens is 3. The summed E-state index contributed by atoms with van der Waals surface area (Å²) in [5, 5.41) is 10.8. The molecule has 6 heteroatoms. The molecule has 2 aromatic rings. The lowest BCUT2D eigenvalue weighted by molar-refractivity contribution is -0.125. The molecule has 0 bridgehead atoms. The van der Waals surface area contributed by atoms with Crippen LogP contribution in [-0.4, -0.2) is 33.7 Å². The molecular weight excluding hydrogens is 232 g/mol. The Labute approximate surface area is 105 Å².